The van der Waals surface area contributed by atoms with Gasteiger partial charge in [-0.25, -0.2) is 0 Å². The number of hydrogen-bond donors (Lipinski definition) is 2. The predicted octanol–water partition coefficient (Wildman–Crippen LogP) is 2.06. The highest BCUT2D eigenvalue weighted by molar-refractivity contribution is 14.0. The zero-order valence-electron chi connectivity index (χ0n) is 15.4. The number of halogens is 1. The summed E-state index contributed by atoms with van der Waals surface area (Å²) in [5, 5.41) is 6.66. The van der Waals surface area contributed by atoms with Gasteiger partial charge < -0.3 is 15.5 Å². The Kier molecular flexibility index (Phi) is 9.16. The predicted molar refractivity (Wildman–Crippen MR) is 112 cm³/mol. The summed E-state index contributed by atoms with van der Waals surface area (Å²) in [6.45, 7) is 1.41. The molecule has 140 valence electrons. The summed E-state index contributed by atoms with van der Waals surface area (Å²) < 4.78 is 0. The largest absolute Gasteiger partial charge is 0.356 e. The van der Waals surface area contributed by atoms with Crippen molar-refractivity contribution in [3.8, 4) is 0 Å². The highest BCUT2D eigenvalue weighted by atomic mass is 127. The molecule has 0 radical (unpaired) electrons. The molecule has 1 heterocycles. The van der Waals surface area contributed by atoms with Crippen molar-refractivity contribution in [3.63, 3.8) is 0 Å². The van der Waals surface area contributed by atoms with Crippen LogP contribution in [-0.2, 0) is 11.2 Å². The summed E-state index contributed by atoms with van der Waals surface area (Å²) in [6, 6.07) is 4.01. The van der Waals surface area contributed by atoms with Crippen molar-refractivity contribution >= 4 is 35.8 Å². The van der Waals surface area contributed by atoms with Crippen molar-refractivity contribution in [1.82, 2.24) is 20.5 Å². The van der Waals surface area contributed by atoms with Gasteiger partial charge in [0, 0.05) is 46.6 Å². The minimum atomic E-state index is -0.287. The molecule has 1 fully saturated rings. The molecular formula is C18H30IN5O. The number of aliphatic imine (C=N–C) groups is 1. The fourth-order valence-electron chi connectivity index (χ4n) is 3.34. The number of carbonyl (C=O) groups excluding carboxylic acids is 1. The molecule has 0 aromatic carbocycles. The molecule has 0 saturated heterocycles. The molecule has 1 amide bonds. The van der Waals surface area contributed by atoms with Crippen LogP contribution < -0.4 is 10.6 Å². The summed E-state index contributed by atoms with van der Waals surface area (Å²) in [5.74, 6) is 0.968. The normalized spacial score (nSPS) is 16.0. The molecule has 6 nitrogen and oxygen atoms in total. The Morgan fingerprint density at radius 3 is 2.60 bits per heavy atom. The minimum absolute atomic E-state index is 0. The summed E-state index contributed by atoms with van der Waals surface area (Å²) in [6.07, 6.45) is 8.67. The summed E-state index contributed by atoms with van der Waals surface area (Å²) in [7, 11) is 5.43. The molecule has 0 atom stereocenters. The Bertz CT molecular complexity index is 556. The average molecular weight is 459 g/mol. The van der Waals surface area contributed by atoms with Gasteiger partial charge in [-0.1, -0.05) is 18.9 Å². The van der Waals surface area contributed by atoms with Gasteiger partial charge in [0.05, 0.1) is 5.41 Å². The second kappa shape index (κ2) is 10.6. The molecule has 2 rings (SSSR count). The molecule has 0 bridgehead atoms. The first-order chi connectivity index (χ1) is 11.6. The number of aromatic nitrogens is 1. The standard InChI is InChI=1S/C18H29N5O.HI/c1-19-17(21-12-8-15-7-6-11-20-13-15)22-14-18(9-4-5-10-18)16(24)23(2)3;/h6-7,11,13H,4-5,8-10,12,14H2,1-3H3,(H2,19,21,22);1H. The lowest BCUT2D eigenvalue weighted by Gasteiger charge is -2.31. The first kappa shape index (κ1) is 21.7. The number of pyridine rings is 1. The van der Waals surface area contributed by atoms with E-state index in [1.54, 1.807) is 18.1 Å². The molecule has 0 aliphatic heterocycles. The van der Waals surface area contributed by atoms with Gasteiger partial charge in [-0.15, -0.1) is 24.0 Å². The van der Waals surface area contributed by atoms with E-state index in [0.717, 1.165) is 44.6 Å². The molecule has 0 spiro atoms. The molecule has 1 aliphatic rings. The van der Waals surface area contributed by atoms with Gasteiger partial charge in [0.1, 0.15) is 0 Å². The van der Waals surface area contributed by atoms with Crippen LogP contribution in [-0.4, -0.2) is 56.0 Å². The van der Waals surface area contributed by atoms with E-state index in [4.69, 9.17) is 0 Å². The molecule has 1 saturated carbocycles. The minimum Gasteiger partial charge on any atom is -0.356 e. The fourth-order valence-corrected chi connectivity index (χ4v) is 3.34. The quantitative estimate of drug-likeness (QED) is 0.388. The van der Waals surface area contributed by atoms with E-state index in [1.165, 1.54) is 5.56 Å². The molecular weight excluding hydrogens is 429 g/mol. The Morgan fingerprint density at radius 1 is 1.32 bits per heavy atom. The van der Waals surface area contributed by atoms with Crippen molar-refractivity contribution in [3.05, 3.63) is 30.1 Å². The van der Waals surface area contributed by atoms with E-state index in [0.29, 0.717) is 6.54 Å². The molecule has 2 N–H and O–H groups in total. The van der Waals surface area contributed by atoms with Gasteiger partial charge in [0.15, 0.2) is 5.96 Å². The van der Waals surface area contributed by atoms with E-state index >= 15 is 0 Å². The highest BCUT2D eigenvalue weighted by Gasteiger charge is 2.42. The maximum Gasteiger partial charge on any atom is 0.230 e. The number of hydrogen-bond acceptors (Lipinski definition) is 3. The highest BCUT2D eigenvalue weighted by Crippen LogP contribution is 2.38. The van der Waals surface area contributed by atoms with Crippen molar-refractivity contribution in [2.45, 2.75) is 32.1 Å². The molecule has 1 aliphatic carbocycles. The van der Waals surface area contributed by atoms with E-state index in [-0.39, 0.29) is 35.3 Å². The first-order valence-corrected chi connectivity index (χ1v) is 8.62. The smallest absolute Gasteiger partial charge is 0.230 e. The molecule has 1 aromatic heterocycles. The van der Waals surface area contributed by atoms with Crippen LogP contribution in [0.15, 0.2) is 29.5 Å². The topological polar surface area (TPSA) is 69.6 Å². The summed E-state index contributed by atoms with van der Waals surface area (Å²) in [4.78, 5) is 22.7. The maximum atomic E-state index is 12.6. The van der Waals surface area contributed by atoms with Crippen LogP contribution in [0.25, 0.3) is 0 Å². The van der Waals surface area contributed by atoms with Crippen molar-refractivity contribution < 1.29 is 4.79 Å². The van der Waals surface area contributed by atoms with Crippen molar-refractivity contribution in [1.29, 1.82) is 0 Å². The molecule has 25 heavy (non-hydrogen) atoms. The first-order valence-electron chi connectivity index (χ1n) is 8.62. The van der Waals surface area contributed by atoms with Gasteiger partial charge >= 0.3 is 0 Å². The Balaban J connectivity index is 0.00000312. The lowest BCUT2D eigenvalue weighted by atomic mass is 9.84. The summed E-state index contributed by atoms with van der Waals surface area (Å²) >= 11 is 0. The van der Waals surface area contributed by atoms with Crippen LogP contribution in [0.3, 0.4) is 0 Å². The van der Waals surface area contributed by atoms with Gasteiger partial charge in [-0.05, 0) is 30.9 Å². The van der Waals surface area contributed by atoms with Crippen LogP contribution in [0.5, 0.6) is 0 Å². The number of guanidine groups is 1. The van der Waals surface area contributed by atoms with Gasteiger partial charge in [0.25, 0.3) is 0 Å². The number of rotatable bonds is 6. The zero-order valence-corrected chi connectivity index (χ0v) is 17.7. The van der Waals surface area contributed by atoms with Crippen molar-refractivity contribution in [2.24, 2.45) is 10.4 Å². The third kappa shape index (κ3) is 6.13. The number of carbonyl (C=O) groups is 1. The van der Waals surface area contributed by atoms with Gasteiger partial charge in [-0.2, -0.15) is 0 Å². The van der Waals surface area contributed by atoms with Crippen molar-refractivity contribution in [2.75, 3.05) is 34.2 Å². The fraction of sp³-hybridized carbons (Fsp3) is 0.611. The lowest BCUT2D eigenvalue weighted by molar-refractivity contribution is -0.138. The third-order valence-corrected chi connectivity index (χ3v) is 4.67. The van der Waals surface area contributed by atoms with E-state index < -0.39 is 0 Å². The average Bonchev–Trinajstić information content (AvgIpc) is 3.08. The van der Waals surface area contributed by atoms with Crippen LogP contribution in [0.1, 0.15) is 31.2 Å². The molecule has 1 aromatic rings. The van der Waals surface area contributed by atoms with Crippen LogP contribution in [0, 0.1) is 5.41 Å². The maximum absolute atomic E-state index is 12.6. The van der Waals surface area contributed by atoms with Gasteiger partial charge in [-0.3, -0.25) is 14.8 Å². The Labute approximate surface area is 167 Å². The second-order valence-electron chi connectivity index (χ2n) is 6.65. The van der Waals surface area contributed by atoms with Crippen LogP contribution in [0.4, 0.5) is 0 Å². The monoisotopic (exact) mass is 459 g/mol. The lowest BCUT2D eigenvalue weighted by Crippen LogP contribution is -2.49. The third-order valence-electron chi connectivity index (χ3n) is 4.67. The Morgan fingerprint density at radius 2 is 2.04 bits per heavy atom. The second-order valence-corrected chi connectivity index (χ2v) is 6.65. The van der Waals surface area contributed by atoms with Gasteiger partial charge in [0.2, 0.25) is 5.91 Å². The molecule has 7 heteroatoms. The zero-order chi connectivity index (χ0) is 17.4. The number of nitrogens with zero attached hydrogens (tertiary/aromatic N) is 3. The van der Waals surface area contributed by atoms with Crippen LogP contribution >= 0.6 is 24.0 Å². The Hall–Kier alpha value is -1.38. The number of amides is 1. The molecule has 0 unspecified atom stereocenters. The number of nitrogens with one attached hydrogen (secondary N) is 2. The van der Waals surface area contributed by atoms with E-state index in [9.17, 15) is 4.79 Å². The SMILES string of the molecule is CN=C(NCCc1cccnc1)NCC1(C(=O)N(C)C)CCCC1.I. The summed E-state index contributed by atoms with van der Waals surface area (Å²) in [5.41, 5.74) is 0.903. The van der Waals surface area contributed by atoms with E-state index in [2.05, 4.69) is 26.7 Å². The van der Waals surface area contributed by atoms with E-state index in [1.807, 2.05) is 26.4 Å². The van der Waals surface area contributed by atoms with Crippen LogP contribution in [0.2, 0.25) is 0 Å².